The number of carbonyl (C=O) groups excluding carboxylic acids is 1. The Morgan fingerprint density at radius 2 is 2.20 bits per heavy atom. The van der Waals surface area contributed by atoms with Gasteiger partial charge in [-0.05, 0) is 31.2 Å². The van der Waals surface area contributed by atoms with E-state index in [0.717, 1.165) is 31.6 Å². The molecule has 8 heteroatoms. The van der Waals surface area contributed by atoms with Crippen LogP contribution in [0.4, 0.5) is 5.95 Å². The highest BCUT2D eigenvalue weighted by atomic mass is 32.1. The van der Waals surface area contributed by atoms with Crippen molar-refractivity contribution >= 4 is 23.2 Å². The second kappa shape index (κ2) is 6.68. The van der Waals surface area contributed by atoms with Crippen molar-refractivity contribution in [2.24, 2.45) is 5.92 Å². The fourth-order valence-corrected chi connectivity index (χ4v) is 4.13. The smallest absolute Gasteiger partial charge is 0.273 e. The van der Waals surface area contributed by atoms with Gasteiger partial charge < -0.3 is 15.0 Å². The number of ether oxygens (including phenoxy) is 1. The molecule has 1 spiro atoms. The van der Waals surface area contributed by atoms with Crippen molar-refractivity contribution in [2.45, 2.75) is 25.4 Å². The first-order valence-corrected chi connectivity index (χ1v) is 9.44. The molecule has 0 saturated carbocycles. The summed E-state index contributed by atoms with van der Waals surface area (Å²) in [4.78, 5) is 26.8. The molecule has 4 rings (SSSR count). The molecule has 2 aromatic rings. The summed E-state index contributed by atoms with van der Waals surface area (Å²) in [5.41, 5.74) is 3.10. The maximum absolute atomic E-state index is 12.3. The number of hydrogen-bond donors (Lipinski definition) is 1. The van der Waals surface area contributed by atoms with Crippen molar-refractivity contribution in [2.75, 3.05) is 31.6 Å². The molecule has 0 radical (unpaired) electrons. The standard InChI is InChI=1S/C17H21N5O2S/c1-12-6-19-16(20-7-12)18-4-2-13-3-5-24-17(13)9-22(10-17)15(23)14-8-25-11-21-14/h6-8,11,13H,2-5,9-10H2,1H3,(H,18,19,20). The Labute approximate surface area is 150 Å². The van der Waals surface area contributed by atoms with Crippen LogP contribution in [-0.4, -0.2) is 57.6 Å². The Bertz CT molecular complexity index is 728. The van der Waals surface area contributed by atoms with Crippen LogP contribution in [0.3, 0.4) is 0 Å². The Hall–Kier alpha value is -2.06. The highest BCUT2D eigenvalue weighted by molar-refractivity contribution is 7.07. The van der Waals surface area contributed by atoms with Gasteiger partial charge in [0.2, 0.25) is 5.95 Å². The first-order chi connectivity index (χ1) is 12.2. The summed E-state index contributed by atoms with van der Waals surface area (Å²) in [6.45, 7) is 4.87. The molecule has 132 valence electrons. The summed E-state index contributed by atoms with van der Waals surface area (Å²) in [6, 6.07) is 0. The van der Waals surface area contributed by atoms with E-state index in [1.54, 1.807) is 10.9 Å². The molecule has 0 aromatic carbocycles. The van der Waals surface area contributed by atoms with Gasteiger partial charge in [-0.25, -0.2) is 15.0 Å². The molecule has 2 aliphatic rings. The molecule has 0 aliphatic carbocycles. The van der Waals surface area contributed by atoms with Crippen LogP contribution in [0.1, 0.15) is 28.9 Å². The summed E-state index contributed by atoms with van der Waals surface area (Å²) in [7, 11) is 0. The summed E-state index contributed by atoms with van der Waals surface area (Å²) in [6.07, 6.45) is 5.64. The van der Waals surface area contributed by atoms with Crippen LogP contribution < -0.4 is 5.32 Å². The van der Waals surface area contributed by atoms with Crippen molar-refractivity contribution in [3.8, 4) is 0 Å². The summed E-state index contributed by atoms with van der Waals surface area (Å²) < 4.78 is 6.03. The number of rotatable bonds is 5. The maximum Gasteiger partial charge on any atom is 0.273 e. The predicted molar refractivity (Wildman–Crippen MR) is 94.7 cm³/mol. The summed E-state index contributed by atoms with van der Waals surface area (Å²) >= 11 is 1.44. The number of aromatic nitrogens is 3. The first-order valence-electron chi connectivity index (χ1n) is 8.50. The number of anilines is 1. The van der Waals surface area contributed by atoms with E-state index < -0.39 is 0 Å². The lowest BCUT2D eigenvalue weighted by molar-refractivity contribution is -0.117. The second-order valence-corrected chi connectivity index (χ2v) is 7.45. The molecular weight excluding hydrogens is 338 g/mol. The number of amides is 1. The molecule has 2 aliphatic heterocycles. The van der Waals surface area contributed by atoms with Gasteiger partial charge in [0.25, 0.3) is 5.91 Å². The van der Waals surface area contributed by atoms with Gasteiger partial charge in [0.15, 0.2) is 0 Å². The monoisotopic (exact) mass is 359 g/mol. The van der Waals surface area contributed by atoms with E-state index in [-0.39, 0.29) is 11.5 Å². The lowest BCUT2D eigenvalue weighted by Gasteiger charge is -2.50. The van der Waals surface area contributed by atoms with Crippen LogP contribution >= 0.6 is 11.3 Å². The van der Waals surface area contributed by atoms with Crippen LogP contribution in [0.15, 0.2) is 23.3 Å². The van der Waals surface area contributed by atoms with E-state index in [2.05, 4.69) is 20.3 Å². The van der Waals surface area contributed by atoms with Gasteiger partial charge >= 0.3 is 0 Å². The zero-order valence-corrected chi connectivity index (χ0v) is 15.0. The Morgan fingerprint density at radius 3 is 2.92 bits per heavy atom. The predicted octanol–water partition coefficient (Wildman–Crippen LogP) is 1.97. The molecule has 1 atom stereocenters. The third-order valence-electron chi connectivity index (χ3n) is 5.01. The minimum atomic E-state index is -0.179. The molecule has 7 nitrogen and oxygen atoms in total. The molecular formula is C17H21N5O2S. The van der Waals surface area contributed by atoms with Gasteiger partial charge in [0.1, 0.15) is 11.3 Å². The molecule has 2 fully saturated rings. The Morgan fingerprint density at radius 1 is 1.40 bits per heavy atom. The molecule has 1 unspecified atom stereocenters. The van der Waals surface area contributed by atoms with Gasteiger partial charge in [-0.2, -0.15) is 0 Å². The average molecular weight is 359 g/mol. The average Bonchev–Trinajstić information content (AvgIpc) is 3.24. The van der Waals surface area contributed by atoms with E-state index in [0.29, 0.717) is 30.6 Å². The second-order valence-electron chi connectivity index (χ2n) is 6.73. The number of thiazole rings is 1. The number of aryl methyl sites for hydroxylation is 1. The van der Waals surface area contributed by atoms with E-state index >= 15 is 0 Å². The lowest BCUT2D eigenvalue weighted by atomic mass is 9.79. The van der Waals surface area contributed by atoms with Gasteiger partial charge in [-0.15, -0.1) is 11.3 Å². The lowest BCUT2D eigenvalue weighted by Crippen LogP contribution is -2.66. The van der Waals surface area contributed by atoms with Crippen molar-refractivity contribution in [1.82, 2.24) is 19.9 Å². The fourth-order valence-electron chi connectivity index (χ4n) is 3.61. The molecule has 2 aromatic heterocycles. The molecule has 0 bridgehead atoms. The molecule has 25 heavy (non-hydrogen) atoms. The maximum atomic E-state index is 12.3. The third kappa shape index (κ3) is 3.23. The number of carbonyl (C=O) groups is 1. The van der Waals surface area contributed by atoms with Crippen molar-refractivity contribution in [3.05, 3.63) is 34.5 Å². The van der Waals surface area contributed by atoms with E-state index in [4.69, 9.17) is 4.74 Å². The quantitative estimate of drug-likeness (QED) is 0.879. The van der Waals surface area contributed by atoms with Crippen LogP contribution in [0.25, 0.3) is 0 Å². The zero-order chi connectivity index (χ0) is 17.3. The summed E-state index contributed by atoms with van der Waals surface area (Å²) in [5.74, 6) is 1.12. The molecule has 4 heterocycles. The van der Waals surface area contributed by atoms with Crippen LogP contribution in [-0.2, 0) is 4.74 Å². The molecule has 1 N–H and O–H groups in total. The number of likely N-dealkylation sites (tertiary alicyclic amines) is 1. The first kappa shape index (κ1) is 16.4. The van der Waals surface area contributed by atoms with Gasteiger partial charge in [0, 0.05) is 30.9 Å². The van der Waals surface area contributed by atoms with Crippen molar-refractivity contribution in [1.29, 1.82) is 0 Å². The topological polar surface area (TPSA) is 80.2 Å². The minimum Gasteiger partial charge on any atom is -0.371 e. The Balaban J connectivity index is 1.29. The van der Waals surface area contributed by atoms with Crippen LogP contribution in [0.5, 0.6) is 0 Å². The van der Waals surface area contributed by atoms with E-state index in [9.17, 15) is 4.79 Å². The van der Waals surface area contributed by atoms with Gasteiger partial charge in [-0.1, -0.05) is 0 Å². The normalized spacial score (nSPS) is 21.3. The van der Waals surface area contributed by atoms with Gasteiger partial charge in [-0.3, -0.25) is 4.79 Å². The number of hydrogen-bond acceptors (Lipinski definition) is 7. The molecule has 1 amide bonds. The largest absolute Gasteiger partial charge is 0.371 e. The SMILES string of the molecule is Cc1cnc(NCCC2CCOC23CN(C(=O)c2cscn2)C3)nc1. The van der Waals surface area contributed by atoms with E-state index in [1.165, 1.54) is 11.3 Å². The molecule has 2 saturated heterocycles. The van der Waals surface area contributed by atoms with E-state index in [1.807, 2.05) is 24.2 Å². The highest BCUT2D eigenvalue weighted by Gasteiger charge is 2.54. The van der Waals surface area contributed by atoms with Crippen LogP contribution in [0.2, 0.25) is 0 Å². The highest BCUT2D eigenvalue weighted by Crippen LogP contribution is 2.42. The van der Waals surface area contributed by atoms with Gasteiger partial charge in [0.05, 0.1) is 18.6 Å². The zero-order valence-electron chi connectivity index (χ0n) is 14.1. The van der Waals surface area contributed by atoms with Crippen LogP contribution in [0, 0.1) is 12.8 Å². The van der Waals surface area contributed by atoms with Crippen molar-refractivity contribution in [3.63, 3.8) is 0 Å². The Kier molecular flexibility index (Phi) is 4.39. The third-order valence-corrected chi connectivity index (χ3v) is 5.60. The fraction of sp³-hybridized carbons (Fsp3) is 0.529. The summed E-state index contributed by atoms with van der Waals surface area (Å²) in [5, 5.41) is 5.07. The number of nitrogens with zero attached hydrogens (tertiary/aromatic N) is 4. The van der Waals surface area contributed by atoms with Crippen molar-refractivity contribution < 1.29 is 9.53 Å². The minimum absolute atomic E-state index is 0.00676. The number of nitrogens with one attached hydrogen (secondary N) is 1.